The summed E-state index contributed by atoms with van der Waals surface area (Å²) in [5.74, 6) is -0.0672. The van der Waals surface area contributed by atoms with E-state index >= 15 is 0 Å². The second-order valence-corrected chi connectivity index (χ2v) is 6.52. The van der Waals surface area contributed by atoms with Gasteiger partial charge in [0.05, 0.1) is 6.54 Å². The van der Waals surface area contributed by atoms with Crippen molar-refractivity contribution in [1.29, 1.82) is 0 Å². The lowest BCUT2D eigenvalue weighted by atomic mass is 9.77. The van der Waals surface area contributed by atoms with E-state index < -0.39 is 5.60 Å². The van der Waals surface area contributed by atoms with Gasteiger partial charge < -0.3 is 15.3 Å². The van der Waals surface area contributed by atoms with Crippen LogP contribution in [0.1, 0.15) is 31.2 Å². The van der Waals surface area contributed by atoms with Crippen molar-refractivity contribution in [2.24, 2.45) is 5.92 Å². The summed E-state index contributed by atoms with van der Waals surface area (Å²) in [6.45, 7) is 1.84. The molecule has 4 nitrogen and oxygen atoms in total. The highest BCUT2D eigenvalue weighted by Gasteiger charge is 2.45. The van der Waals surface area contributed by atoms with E-state index in [4.69, 9.17) is 0 Å². The maximum atomic E-state index is 12.8. The molecule has 0 bridgehead atoms. The van der Waals surface area contributed by atoms with Gasteiger partial charge in [-0.15, -0.1) is 0 Å². The number of rotatable bonds is 8. The summed E-state index contributed by atoms with van der Waals surface area (Å²) in [5, 5.41) is 14.4. The molecule has 1 fully saturated rings. The van der Waals surface area contributed by atoms with Crippen molar-refractivity contribution in [3.8, 4) is 0 Å². The first-order valence-electron chi connectivity index (χ1n) is 8.21. The number of carbonyl (C=O) groups is 1. The molecule has 1 aliphatic rings. The molecule has 0 radical (unpaired) electrons. The van der Waals surface area contributed by atoms with E-state index in [2.05, 4.69) is 10.2 Å². The summed E-state index contributed by atoms with van der Waals surface area (Å²) in [6.07, 6.45) is 4.05. The van der Waals surface area contributed by atoms with Gasteiger partial charge in [0, 0.05) is 13.1 Å². The van der Waals surface area contributed by atoms with Crippen molar-refractivity contribution < 1.29 is 9.90 Å². The Kier molecular flexibility index (Phi) is 6.12. The SMILES string of the molecule is CN(C)CCNCC(=O)C(O)(c1ccccc1)C1CCCC1. The minimum absolute atomic E-state index is 0.0399. The molecule has 1 aromatic carbocycles. The Hall–Kier alpha value is -1.23. The van der Waals surface area contributed by atoms with Gasteiger partial charge in [0.15, 0.2) is 11.4 Å². The van der Waals surface area contributed by atoms with Gasteiger partial charge in [-0.05, 0) is 38.4 Å². The second kappa shape index (κ2) is 7.86. The number of hydrogen-bond acceptors (Lipinski definition) is 4. The van der Waals surface area contributed by atoms with Gasteiger partial charge in [-0.1, -0.05) is 43.2 Å². The van der Waals surface area contributed by atoms with Crippen LogP contribution in [0.15, 0.2) is 30.3 Å². The van der Waals surface area contributed by atoms with E-state index in [1.807, 2.05) is 44.4 Å². The average Bonchev–Trinajstić information content (AvgIpc) is 3.06. The van der Waals surface area contributed by atoms with Crippen LogP contribution in [0.3, 0.4) is 0 Å². The van der Waals surface area contributed by atoms with Crippen LogP contribution in [0, 0.1) is 5.92 Å². The molecule has 0 spiro atoms. The monoisotopic (exact) mass is 304 g/mol. The Balaban J connectivity index is 2.09. The number of Topliss-reactive ketones (excluding diaryl/α,β-unsaturated/α-hetero) is 1. The third kappa shape index (κ3) is 3.94. The molecule has 0 saturated heterocycles. The zero-order valence-electron chi connectivity index (χ0n) is 13.7. The van der Waals surface area contributed by atoms with Crippen molar-refractivity contribution in [1.82, 2.24) is 10.2 Å². The molecule has 22 heavy (non-hydrogen) atoms. The Labute approximate surface area is 133 Å². The molecule has 4 heteroatoms. The second-order valence-electron chi connectivity index (χ2n) is 6.52. The fourth-order valence-electron chi connectivity index (χ4n) is 3.30. The third-order valence-electron chi connectivity index (χ3n) is 4.61. The summed E-state index contributed by atoms with van der Waals surface area (Å²) in [7, 11) is 4.00. The van der Waals surface area contributed by atoms with Gasteiger partial charge in [-0.3, -0.25) is 4.79 Å². The van der Waals surface area contributed by atoms with Crippen LogP contribution in [0.25, 0.3) is 0 Å². The average molecular weight is 304 g/mol. The number of carbonyl (C=O) groups excluding carboxylic acids is 1. The molecule has 1 aromatic rings. The van der Waals surface area contributed by atoms with Gasteiger partial charge >= 0.3 is 0 Å². The molecule has 0 amide bonds. The number of benzene rings is 1. The van der Waals surface area contributed by atoms with E-state index in [1.165, 1.54) is 0 Å². The van der Waals surface area contributed by atoms with E-state index in [-0.39, 0.29) is 18.2 Å². The van der Waals surface area contributed by atoms with Crippen LogP contribution in [-0.2, 0) is 10.4 Å². The van der Waals surface area contributed by atoms with Crippen molar-refractivity contribution in [2.45, 2.75) is 31.3 Å². The van der Waals surface area contributed by atoms with Gasteiger partial charge in [-0.25, -0.2) is 0 Å². The highest BCUT2D eigenvalue weighted by molar-refractivity contribution is 5.90. The number of hydrogen-bond donors (Lipinski definition) is 2. The molecule has 2 rings (SSSR count). The fourth-order valence-corrected chi connectivity index (χ4v) is 3.30. The van der Waals surface area contributed by atoms with Gasteiger partial charge in [-0.2, -0.15) is 0 Å². The van der Waals surface area contributed by atoms with Crippen molar-refractivity contribution in [3.05, 3.63) is 35.9 Å². The lowest BCUT2D eigenvalue weighted by Gasteiger charge is -2.33. The highest BCUT2D eigenvalue weighted by Crippen LogP contribution is 2.41. The van der Waals surface area contributed by atoms with Crippen LogP contribution in [-0.4, -0.2) is 49.5 Å². The van der Waals surface area contributed by atoms with Gasteiger partial charge in [0.1, 0.15) is 0 Å². The molecule has 122 valence electrons. The van der Waals surface area contributed by atoms with Crippen molar-refractivity contribution in [3.63, 3.8) is 0 Å². The van der Waals surface area contributed by atoms with Gasteiger partial charge in [0.2, 0.25) is 0 Å². The first-order valence-corrected chi connectivity index (χ1v) is 8.21. The molecule has 0 aromatic heterocycles. The molecule has 1 saturated carbocycles. The summed E-state index contributed by atoms with van der Waals surface area (Å²) in [4.78, 5) is 14.8. The number of aliphatic hydroxyl groups is 1. The summed E-state index contributed by atoms with van der Waals surface area (Å²) < 4.78 is 0. The van der Waals surface area contributed by atoms with Crippen LogP contribution in [0.5, 0.6) is 0 Å². The minimum Gasteiger partial charge on any atom is -0.377 e. The lowest BCUT2D eigenvalue weighted by Crippen LogP contribution is -2.47. The number of nitrogens with one attached hydrogen (secondary N) is 1. The molecule has 2 N–H and O–H groups in total. The zero-order valence-corrected chi connectivity index (χ0v) is 13.7. The number of nitrogens with zero attached hydrogens (tertiary/aromatic N) is 1. The molecule has 1 unspecified atom stereocenters. The Morgan fingerprint density at radius 1 is 1.27 bits per heavy atom. The molecular formula is C18H28N2O2. The van der Waals surface area contributed by atoms with Crippen LogP contribution in [0.4, 0.5) is 0 Å². The molecule has 0 aliphatic heterocycles. The summed E-state index contributed by atoms with van der Waals surface area (Å²) >= 11 is 0. The topological polar surface area (TPSA) is 52.6 Å². The number of likely N-dealkylation sites (N-methyl/N-ethyl adjacent to an activating group) is 1. The first-order chi connectivity index (χ1) is 10.5. The lowest BCUT2D eigenvalue weighted by molar-refractivity contribution is -0.144. The maximum Gasteiger partial charge on any atom is 0.182 e. The Morgan fingerprint density at radius 3 is 2.50 bits per heavy atom. The minimum atomic E-state index is -1.34. The van der Waals surface area contributed by atoms with Crippen molar-refractivity contribution in [2.75, 3.05) is 33.7 Å². The standard InChI is InChI=1S/C18H28N2O2/c1-20(2)13-12-19-14-17(21)18(22,16-10-6-7-11-16)15-8-4-3-5-9-15/h3-5,8-9,16,19,22H,6-7,10-14H2,1-2H3. The number of ketones is 1. The van der Waals surface area contributed by atoms with Gasteiger partial charge in [0.25, 0.3) is 0 Å². The van der Waals surface area contributed by atoms with Crippen LogP contribution < -0.4 is 5.32 Å². The first kappa shape index (κ1) is 17.1. The highest BCUT2D eigenvalue weighted by atomic mass is 16.3. The van der Waals surface area contributed by atoms with E-state index in [1.54, 1.807) is 0 Å². The Bertz CT molecular complexity index is 469. The predicted molar refractivity (Wildman–Crippen MR) is 88.7 cm³/mol. The normalized spacial score (nSPS) is 18.5. The summed E-state index contributed by atoms with van der Waals surface area (Å²) in [6, 6.07) is 9.44. The van der Waals surface area contributed by atoms with E-state index in [0.29, 0.717) is 0 Å². The van der Waals surface area contributed by atoms with Crippen molar-refractivity contribution >= 4 is 5.78 Å². The van der Waals surface area contributed by atoms with Crippen LogP contribution >= 0.6 is 0 Å². The zero-order chi connectivity index (χ0) is 16.0. The largest absolute Gasteiger partial charge is 0.377 e. The third-order valence-corrected chi connectivity index (χ3v) is 4.61. The molecular weight excluding hydrogens is 276 g/mol. The maximum absolute atomic E-state index is 12.8. The fraction of sp³-hybridized carbons (Fsp3) is 0.611. The molecule has 0 heterocycles. The smallest absolute Gasteiger partial charge is 0.182 e. The summed E-state index contributed by atoms with van der Waals surface area (Å²) in [5.41, 5.74) is -0.607. The van der Waals surface area contributed by atoms with Crippen LogP contribution in [0.2, 0.25) is 0 Å². The Morgan fingerprint density at radius 2 is 1.91 bits per heavy atom. The van der Waals surface area contributed by atoms with E-state index in [9.17, 15) is 9.90 Å². The quantitative estimate of drug-likeness (QED) is 0.719. The molecule has 1 aliphatic carbocycles. The van der Waals surface area contributed by atoms with E-state index in [0.717, 1.165) is 44.3 Å². The predicted octanol–water partition coefficient (Wildman–Crippen LogP) is 1.78. The molecule has 1 atom stereocenters.